The van der Waals surface area contributed by atoms with Crippen molar-refractivity contribution in [2.24, 2.45) is 0 Å². The van der Waals surface area contributed by atoms with Gasteiger partial charge in [0.1, 0.15) is 5.41 Å². The van der Waals surface area contributed by atoms with E-state index in [1.54, 1.807) is 0 Å². The summed E-state index contributed by atoms with van der Waals surface area (Å²) in [4.78, 5) is 15.2. The van der Waals surface area contributed by atoms with Gasteiger partial charge in [-0.25, -0.2) is 0 Å². The first kappa shape index (κ1) is 11.7. The number of ether oxygens (including phenoxy) is 1. The van der Waals surface area contributed by atoms with E-state index in [-0.39, 0.29) is 5.97 Å². The van der Waals surface area contributed by atoms with Crippen molar-refractivity contribution in [2.75, 3.05) is 6.61 Å². The molecule has 0 spiro atoms. The highest BCUT2D eigenvalue weighted by atomic mass is 16.5. The fourth-order valence-corrected chi connectivity index (χ4v) is 1.83. The van der Waals surface area contributed by atoms with Gasteiger partial charge in [-0.2, -0.15) is 0 Å². The molecule has 3 heteroatoms. The van der Waals surface area contributed by atoms with Gasteiger partial charge >= 0.3 is 5.97 Å². The summed E-state index contributed by atoms with van der Waals surface area (Å²) in [5, 5.41) is 1.11. The molecule has 0 atom stereocenters. The Balaban J connectivity index is 2.41. The molecule has 0 aliphatic carbocycles. The molecular weight excluding hydrogens is 214 g/mol. The van der Waals surface area contributed by atoms with Gasteiger partial charge in [0.25, 0.3) is 0 Å². The molecule has 1 aromatic carbocycles. The molecule has 0 aliphatic rings. The van der Waals surface area contributed by atoms with Crippen molar-refractivity contribution in [3.8, 4) is 0 Å². The first-order chi connectivity index (χ1) is 8.05. The third-order valence-electron chi connectivity index (χ3n) is 2.99. The van der Waals surface area contributed by atoms with Gasteiger partial charge in [-0.1, -0.05) is 18.2 Å². The summed E-state index contributed by atoms with van der Waals surface area (Å²) in [6.07, 6.45) is 0. The van der Waals surface area contributed by atoms with Crippen LogP contribution in [0.5, 0.6) is 0 Å². The van der Waals surface area contributed by atoms with Gasteiger partial charge in [0.15, 0.2) is 0 Å². The average molecular weight is 231 g/mol. The fourth-order valence-electron chi connectivity index (χ4n) is 1.83. The highest BCUT2D eigenvalue weighted by Crippen LogP contribution is 2.27. The predicted octanol–water partition coefficient (Wildman–Crippen LogP) is 3.01. The maximum Gasteiger partial charge on any atom is 0.317 e. The number of para-hydroxylation sites is 1. The molecule has 3 nitrogen and oxygen atoms in total. The average Bonchev–Trinajstić information content (AvgIpc) is 2.73. The summed E-state index contributed by atoms with van der Waals surface area (Å²) in [6.45, 7) is 5.97. The monoisotopic (exact) mass is 231 g/mol. The number of nitrogens with one attached hydrogen (secondary N) is 1. The Morgan fingerprint density at radius 3 is 2.71 bits per heavy atom. The highest BCUT2D eigenvalue weighted by molar-refractivity contribution is 5.86. The highest BCUT2D eigenvalue weighted by Gasteiger charge is 2.32. The molecular formula is C14H17NO2. The maximum absolute atomic E-state index is 11.9. The standard InChI is InChI=1S/C14H17NO2/c1-4-17-13(16)14(2,3)12-9-10-7-5-6-8-11(10)15-12/h5-9,15H,4H2,1-3H3. The third-order valence-corrected chi connectivity index (χ3v) is 2.99. The first-order valence-corrected chi connectivity index (χ1v) is 5.81. The van der Waals surface area contributed by atoms with Crippen molar-refractivity contribution >= 4 is 16.9 Å². The van der Waals surface area contributed by atoms with E-state index < -0.39 is 5.41 Å². The van der Waals surface area contributed by atoms with Crippen LogP contribution in [0.2, 0.25) is 0 Å². The Bertz CT molecular complexity index is 507. The number of carbonyl (C=O) groups is 1. The Morgan fingerprint density at radius 2 is 2.06 bits per heavy atom. The lowest BCUT2D eigenvalue weighted by Crippen LogP contribution is -2.31. The van der Waals surface area contributed by atoms with Crippen LogP contribution in [0.3, 0.4) is 0 Å². The lowest BCUT2D eigenvalue weighted by Gasteiger charge is -2.20. The van der Waals surface area contributed by atoms with Crippen LogP contribution in [0.1, 0.15) is 26.5 Å². The van der Waals surface area contributed by atoms with Crippen LogP contribution in [-0.4, -0.2) is 17.6 Å². The van der Waals surface area contributed by atoms with Crippen LogP contribution in [0.4, 0.5) is 0 Å². The van der Waals surface area contributed by atoms with E-state index in [9.17, 15) is 4.79 Å². The van der Waals surface area contributed by atoms with E-state index in [0.717, 1.165) is 16.6 Å². The van der Waals surface area contributed by atoms with Crippen molar-refractivity contribution in [1.82, 2.24) is 4.98 Å². The molecule has 17 heavy (non-hydrogen) atoms. The Morgan fingerprint density at radius 1 is 1.35 bits per heavy atom. The van der Waals surface area contributed by atoms with Crippen molar-refractivity contribution in [3.63, 3.8) is 0 Å². The van der Waals surface area contributed by atoms with Crippen LogP contribution < -0.4 is 0 Å². The largest absolute Gasteiger partial charge is 0.465 e. The third kappa shape index (κ3) is 2.05. The normalized spacial score (nSPS) is 11.7. The lowest BCUT2D eigenvalue weighted by atomic mass is 9.89. The summed E-state index contributed by atoms with van der Waals surface area (Å²) in [5.74, 6) is -0.202. The molecule has 1 aromatic heterocycles. The first-order valence-electron chi connectivity index (χ1n) is 5.81. The minimum Gasteiger partial charge on any atom is -0.465 e. The topological polar surface area (TPSA) is 42.1 Å². The number of aromatic amines is 1. The van der Waals surface area contributed by atoms with Gasteiger partial charge in [-0.3, -0.25) is 4.79 Å². The molecule has 0 fully saturated rings. The fraction of sp³-hybridized carbons (Fsp3) is 0.357. The zero-order valence-electron chi connectivity index (χ0n) is 10.4. The molecule has 0 saturated carbocycles. The second-order valence-corrected chi connectivity index (χ2v) is 4.62. The van der Waals surface area contributed by atoms with Gasteiger partial charge in [0, 0.05) is 11.2 Å². The number of rotatable bonds is 3. The van der Waals surface area contributed by atoms with Crippen LogP contribution in [0.25, 0.3) is 10.9 Å². The summed E-state index contributed by atoms with van der Waals surface area (Å²) < 4.78 is 5.10. The summed E-state index contributed by atoms with van der Waals surface area (Å²) in [7, 11) is 0. The molecule has 1 N–H and O–H groups in total. The zero-order valence-corrected chi connectivity index (χ0v) is 10.4. The van der Waals surface area contributed by atoms with Crippen molar-refractivity contribution < 1.29 is 9.53 Å². The molecule has 2 aromatic rings. The van der Waals surface area contributed by atoms with Gasteiger partial charge in [0.2, 0.25) is 0 Å². The second kappa shape index (κ2) is 4.24. The van der Waals surface area contributed by atoms with Crippen molar-refractivity contribution in [3.05, 3.63) is 36.0 Å². The molecule has 0 aliphatic heterocycles. The van der Waals surface area contributed by atoms with Gasteiger partial charge in [-0.05, 0) is 38.3 Å². The zero-order chi connectivity index (χ0) is 12.5. The van der Waals surface area contributed by atoms with Crippen LogP contribution >= 0.6 is 0 Å². The molecule has 0 saturated heterocycles. The van der Waals surface area contributed by atoms with Crippen LogP contribution in [0.15, 0.2) is 30.3 Å². The summed E-state index contributed by atoms with van der Waals surface area (Å²) >= 11 is 0. The van der Waals surface area contributed by atoms with Crippen molar-refractivity contribution in [1.29, 1.82) is 0 Å². The number of H-pyrrole nitrogens is 1. The van der Waals surface area contributed by atoms with E-state index in [0.29, 0.717) is 6.61 Å². The molecule has 0 unspecified atom stereocenters. The quantitative estimate of drug-likeness (QED) is 0.825. The van der Waals surface area contributed by atoms with Crippen molar-refractivity contribution in [2.45, 2.75) is 26.2 Å². The van der Waals surface area contributed by atoms with Gasteiger partial charge < -0.3 is 9.72 Å². The maximum atomic E-state index is 11.9. The SMILES string of the molecule is CCOC(=O)C(C)(C)c1cc2ccccc2[nH]1. The Labute approximate surface area is 101 Å². The lowest BCUT2D eigenvalue weighted by molar-refractivity contribution is -0.148. The molecule has 1 heterocycles. The molecule has 90 valence electrons. The van der Waals surface area contributed by atoms with E-state index in [4.69, 9.17) is 4.74 Å². The summed E-state index contributed by atoms with van der Waals surface area (Å²) in [6, 6.07) is 9.99. The number of esters is 1. The van der Waals surface area contributed by atoms with Crippen LogP contribution in [0, 0.1) is 0 Å². The number of benzene rings is 1. The smallest absolute Gasteiger partial charge is 0.317 e. The van der Waals surface area contributed by atoms with E-state index in [2.05, 4.69) is 4.98 Å². The minimum atomic E-state index is -0.644. The van der Waals surface area contributed by atoms with E-state index >= 15 is 0 Å². The van der Waals surface area contributed by atoms with E-state index in [1.807, 2.05) is 51.1 Å². The van der Waals surface area contributed by atoms with Gasteiger partial charge in [-0.15, -0.1) is 0 Å². The number of aromatic nitrogens is 1. The minimum absolute atomic E-state index is 0.202. The predicted molar refractivity (Wildman–Crippen MR) is 68.0 cm³/mol. The molecule has 2 rings (SSSR count). The number of fused-ring (bicyclic) bond motifs is 1. The van der Waals surface area contributed by atoms with Crippen LogP contribution in [-0.2, 0) is 14.9 Å². The Hall–Kier alpha value is -1.77. The molecule has 0 amide bonds. The van der Waals surface area contributed by atoms with Gasteiger partial charge in [0.05, 0.1) is 6.61 Å². The molecule has 0 bridgehead atoms. The second-order valence-electron chi connectivity index (χ2n) is 4.62. The number of hydrogen-bond acceptors (Lipinski definition) is 2. The number of hydrogen-bond donors (Lipinski definition) is 1. The summed E-state index contributed by atoms with van der Waals surface area (Å²) in [5.41, 5.74) is 1.28. The Kier molecular flexibility index (Phi) is 2.92. The molecule has 0 radical (unpaired) electrons. The number of carbonyl (C=O) groups excluding carboxylic acids is 1. The van der Waals surface area contributed by atoms with E-state index in [1.165, 1.54) is 0 Å².